The molecule has 0 saturated carbocycles. The summed E-state index contributed by atoms with van der Waals surface area (Å²) in [6.07, 6.45) is 3.34. The number of aryl methyl sites for hydroxylation is 1. The number of nitrogens with two attached hydrogens (primary N) is 1. The van der Waals surface area contributed by atoms with Crippen molar-refractivity contribution in [2.75, 3.05) is 24.6 Å². The van der Waals surface area contributed by atoms with E-state index < -0.39 is 16.8 Å². The van der Waals surface area contributed by atoms with Gasteiger partial charge in [0.05, 0.1) is 6.20 Å². The van der Waals surface area contributed by atoms with Crippen LogP contribution in [0, 0.1) is 0 Å². The molecule has 0 spiro atoms. The Morgan fingerprint density at radius 1 is 1.53 bits per heavy atom. The quantitative estimate of drug-likeness (QED) is 0.736. The molecule has 1 saturated heterocycles. The summed E-state index contributed by atoms with van der Waals surface area (Å²) in [7, 11) is 1.00. The lowest BCUT2D eigenvalue weighted by Crippen LogP contribution is -2.45. The molecule has 94 valence electrons. The van der Waals surface area contributed by atoms with Crippen molar-refractivity contribution >= 4 is 16.7 Å². The van der Waals surface area contributed by atoms with Gasteiger partial charge in [0, 0.05) is 54.2 Å². The van der Waals surface area contributed by atoms with E-state index >= 15 is 0 Å². The van der Waals surface area contributed by atoms with Crippen LogP contribution in [0.5, 0.6) is 0 Å². The first-order valence-corrected chi connectivity index (χ1v) is 6.94. The highest BCUT2D eigenvalue weighted by atomic mass is 32.2. The van der Waals surface area contributed by atoms with Gasteiger partial charge in [-0.15, -0.1) is 0 Å². The second kappa shape index (κ2) is 4.97. The van der Waals surface area contributed by atoms with Crippen LogP contribution in [0.1, 0.15) is 11.6 Å². The summed E-state index contributed by atoms with van der Waals surface area (Å²) in [6, 6.07) is -0.671. The normalized spacial score (nSPS) is 19.3. The number of amides is 1. The van der Waals surface area contributed by atoms with Crippen molar-refractivity contribution in [2.24, 2.45) is 12.8 Å². The van der Waals surface area contributed by atoms with Crippen LogP contribution < -0.4 is 5.73 Å². The number of nitrogens with zero attached hydrogens (tertiary/aromatic N) is 3. The maximum absolute atomic E-state index is 12.1. The first-order chi connectivity index (χ1) is 8.08. The number of carbonyl (C=O) groups excluding carboxylic acids is 1. The standard InChI is InChI=1S/C10H16N4O2S/c1-13-7-8(6-12-13)9(11)10(15)14-2-4-17(16)5-3-14/h6-7,9H,2-5,11H2,1H3. The van der Waals surface area contributed by atoms with Crippen LogP contribution >= 0.6 is 0 Å². The minimum Gasteiger partial charge on any atom is -0.339 e. The summed E-state index contributed by atoms with van der Waals surface area (Å²) < 4.78 is 12.8. The highest BCUT2D eigenvalue weighted by molar-refractivity contribution is 7.85. The van der Waals surface area contributed by atoms with Gasteiger partial charge >= 0.3 is 0 Å². The summed E-state index contributed by atoms with van der Waals surface area (Å²) in [5, 5.41) is 3.99. The molecule has 0 aliphatic carbocycles. The predicted octanol–water partition coefficient (Wildman–Crippen LogP) is -0.989. The van der Waals surface area contributed by atoms with Crippen molar-refractivity contribution in [1.82, 2.24) is 14.7 Å². The van der Waals surface area contributed by atoms with Crippen molar-refractivity contribution in [3.05, 3.63) is 18.0 Å². The molecule has 1 aromatic heterocycles. The SMILES string of the molecule is Cn1cc(C(N)C(=O)N2CCS(=O)CC2)cn1. The van der Waals surface area contributed by atoms with Crippen molar-refractivity contribution in [3.8, 4) is 0 Å². The smallest absolute Gasteiger partial charge is 0.244 e. The fraction of sp³-hybridized carbons (Fsp3) is 0.600. The van der Waals surface area contributed by atoms with E-state index in [1.54, 1.807) is 29.0 Å². The molecule has 1 fully saturated rings. The average Bonchev–Trinajstić information content (AvgIpc) is 2.75. The van der Waals surface area contributed by atoms with Crippen molar-refractivity contribution in [3.63, 3.8) is 0 Å². The molecule has 1 amide bonds. The summed E-state index contributed by atoms with van der Waals surface area (Å²) in [5.41, 5.74) is 6.61. The monoisotopic (exact) mass is 256 g/mol. The van der Waals surface area contributed by atoms with Gasteiger partial charge in [-0.25, -0.2) is 0 Å². The van der Waals surface area contributed by atoms with Gasteiger partial charge < -0.3 is 10.6 Å². The van der Waals surface area contributed by atoms with E-state index in [0.717, 1.165) is 0 Å². The topological polar surface area (TPSA) is 81.2 Å². The molecule has 0 radical (unpaired) electrons. The number of hydrogen-bond acceptors (Lipinski definition) is 4. The Morgan fingerprint density at radius 3 is 2.71 bits per heavy atom. The van der Waals surface area contributed by atoms with Crippen LogP contribution in [0.3, 0.4) is 0 Å². The Labute approximate surface area is 102 Å². The second-order valence-corrected chi connectivity index (χ2v) is 5.79. The summed E-state index contributed by atoms with van der Waals surface area (Å²) in [5.74, 6) is 0.978. The van der Waals surface area contributed by atoms with E-state index in [4.69, 9.17) is 5.73 Å². The Balaban J connectivity index is 2.02. The van der Waals surface area contributed by atoms with Crippen molar-refractivity contribution in [1.29, 1.82) is 0 Å². The molecule has 1 aromatic rings. The van der Waals surface area contributed by atoms with Gasteiger partial charge in [0.1, 0.15) is 6.04 Å². The van der Waals surface area contributed by atoms with Crippen LogP contribution in [0.2, 0.25) is 0 Å². The molecule has 2 heterocycles. The third-order valence-electron chi connectivity index (χ3n) is 2.84. The fourth-order valence-corrected chi connectivity index (χ4v) is 2.85. The zero-order valence-corrected chi connectivity index (χ0v) is 10.5. The molecule has 17 heavy (non-hydrogen) atoms. The molecule has 2 rings (SSSR count). The van der Waals surface area contributed by atoms with Crippen molar-refractivity contribution < 1.29 is 9.00 Å². The fourth-order valence-electron chi connectivity index (χ4n) is 1.80. The van der Waals surface area contributed by atoms with E-state index in [0.29, 0.717) is 30.2 Å². The van der Waals surface area contributed by atoms with E-state index in [-0.39, 0.29) is 5.91 Å². The van der Waals surface area contributed by atoms with Gasteiger partial charge in [-0.05, 0) is 0 Å². The lowest BCUT2D eigenvalue weighted by atomic mass is 10.1. The summed E-state index contributed by atoms with van der Waals surface area (Å²) in [4.78, 5) is 13.8. The molecule has 1 atom stereocenters. The molecular weight excluding hydrogens is 240 g/mol. The largest absolute Gasteiger partial charge is 0.339 e. The van der Waals surface area contributed by atoms with Gasteiger partial charge in [-0.2, -0.15) is 5.10 Å². The molecule has 6 nitrogen and oxygen atoms in total. The zero-order valence-electron chi connectivity index (χ0n) is 9.70. The molecule has 0 bridgehead atoms. The number of aromatic nitrogens is 2. The number of rotatable bonds is 2. The lowest BCUT2D eigenvalue weighted by molar-refractivity contribution is -0.132. The minimum absolute atomic E-state index is 0.116. The van der Waals surface area contributed by atoms with E-state index in [1.165, 1.54) is 0 Å². The van der Waals surface area contributed by atoms with Crippen LogP contribution in [0.15, 0.2) is 12.4 Å². The van der Waals surface area contributed by atoms with Crippen LogP contribution in [-0.4, -0.2) is 49.4 Å². The third kappa shape index (κ3) is 2.73. The first kappa shape index (κ1) is 12.3. The zero-order chi connectivity index (χ0) is 12.4. The Hall–Kier alpha value is -1.21. The van der Waals surface area contributed by atoms with Gasteiger partial charge in [-0.1, -0.05) is 0 Å². The third-order valence-corrected chi connectivity index (χ3v) is 4.12. The van der Waals surface area contributed by atoms with Crippen LogP contribution in [0.4, 0.5) is 0 Å². The van der Waals surface area contributed by atoms with Gasteiger partial charge in [0.15, 0.2) is 0 Å². The van der Waals surface area contributed by atoms with E-state index in [2.05, 4.69) is 5.10 Å². The maximum Gasteiger partial charge on any atom is 0.244 e. The number of carbonyl (C=O) groups is 1. The van der Waals surface area contributed by atoms with Crippen LogP contribution in [0.25, 0.3) is 0 Å². The molecule has 2 N–H and O–H groups in total. The van der Waals surface area contributed by atoms with Crippen LogP contribution in [-0.2, 0) is 22.6 Å². The summed E-state index contributed by atoms with van der Waals surface area (Å²) >= 11 is 0. The Morgan fingerprint density at radius 2 is 2.18 bits per heavy atom. The highest BCUT2D eigenvalue weighted by Gasteiger charge is 2.26. The predicted molar refractivity (Wildman–Crippen MR) is 64.6 cm³/mol. The summed E-state index contributed by atoms with van der Waals surface area (Å²) in [6.45, 7) is 1.05. The molecule has 0 aromatic carbocycles. The van der Waals surface area contributed by atoms with Gasteiger partial charge in [-0.3, -0.25) is 13.7 Å². The second-order valence-electron chi connectivity index (χ2n) is 4.10. The molecule has 1 aliphatic rings. The van der Waals surface area contributed by atoms with Crippen molar-refractivity contribution in [2.45, 2.75) is 6.04 Å². The Bertz CT molecular complexity index is 435. The maximum atomic E-state index is 12.1. The molecule has 7 heteroatoms. The average molecular weight is 256 g/mol. The van der Waals surface area contributed by atoms with E-state index in [9.17, 15) is 9.00 Å². The van der Waals surface area contributed by atoms with E-state index in [1.807, 2.05) is 0 Å². The number of hydrogen-bond donors (Lipinski definition) is 1. The molecule has 1 aliphatic heterocycles. The molecule has 1 unspecified atom stereocenters. The lowest BCUT2D eigenvalue weighted by Gasteiger charge is -2.28. The highest BCUT2D eigenvalue weighted by Crippen LogP contribution is 2.13. The Kier molecular flexibility index (Phi) is 3.58. The minimum atomic E-state index is -0.782. The molecular formula is C10H16N4O2S. The first-order valence-electron chi connectivity index (χ1n) is 5.46. The van der Waals surface area contributed by atoms with Gasteiger partial charge in [0.2, 0.25) is 5.91 Å². The van der Waals surface area contributed by atoms with Gasteiger partial charge in [0.25, 0.3) is 0 Å².